The van der Waals surface area contributed by atoms with Crippen molar-refractivity contribution in [3.63, 3.8) is 0 Å². The van der Waals surface area contributed by atoms with Gasteiger partial charge in [-0.15, -0.1) is 0 Å². The van der Waals surface area contributed by atoms with Gasteiger partial charge >= 0.3 is 0 Å². The third-order valence-electron chi connectivity index (χ3n) is 3.24. The van der Waals surface area contributed by atoms with Gasteiger partial charge in [0.05, 0.1) is 5.70 Å². The molecule has 110 valence electrons. The summed E-state index contributed by atoms with van der Waals surface area (Å²) in [5.74, 6) is 4.51. The van der Waals surface area contributed by atoms with Crippen molar-refractivity contribution >= 4 is 0 Å². The molecule has 0 bridgehead atoms. The zero-order valence-corrected chi connectivity index (χ0v) is 11.1. The van der Waals surface area contributed by atoms with Gasteiger partial charge in [-0.25, -0.2) is 8.78 Å². The Labute approximate surface area is 120 Å². The summed E-state index contributed by atoms with van der Waals surface area (Å²) in [5, 5.41) is 11.1. The zero-order chi connectivity index (χ0) is 15.5. The second-order valence-electron chi connectivity index (χ2n) is 4.45. The number of hydrazine groups is 1. The van der Waals surface area contributed by atoms with Gasteiger partial charge in [0.1, 0.15) is 11.6 Å². The highest BCUT2D eigenvalue weighted by atomic mass is 19.1. The number of halogens is 2. The van der Waals surface area contributed by atoms with E-state index < -0.39 is 17.2 Å². The summed E-state index contributed by atoms with van der Waals surface area (Å²) < 4.78 is 26.2. The Balaban J connectivity index is 2.64. The Morgan fingerprint density at radius 1 is 0.952 bits per heavy atom. The van der Waals surface area contributed by atoms with Gasteiger partial charge in [0.15, 0.2) is 5.60 Å². The molecule has 2 aromatic carbocycles. The third kappa shape index (κ3) is 2.72. The van der Waals surface area contributed by atoms with Crippen molar-refractivity contribution < 1.29 is 13.9 Å². The molecule has 0 aromatic heterocycles. The first kappa shape index (κ1) is 15.0. The molecule has 0 radical (unpaired) electrons. The molecule has 0 aliphatic carbocycles. The summed E-state index contributed by atoms with van der Waals surface area (Å²) in [6.07, 6.45) is 1.10. The molecule has 0 unspecified atom stereocenters. The lowest BCUT2D eigenvalue weighted by molar-refractivity contribution is 0.112. The van der Waals surface area contributed by atoms with Gasteiger partial charge in [0, 0.05) is 6.20 Å². The molecule has 0 spiro atoms. The lowest BCUT2D eigenvalue weighted by Gasteiger charge is -2.31. The van der Waals surface area contributed by atoms with Crippen molar-refractivity contribution in [3.05, 3.63) is 83.2 Å². The molecule has 4 nitrogen and oxygen atoms in total. The molecule has 0 atom stereocenters. The third-order valence-corrected chi connectivity index (χ3v) is 3.24. The van der Waals surface area contributed by atoms with E-state index in [1.807, 2.05) is 0 Å². The first-order chi connectivity index (χ1) is 10.0. The van der Waals surface area contributed by atoms with Gasteiger partial charge in [0.2, 0.25) is 0 Å². The van der Waals surface area contributed by atoms with Crippen LogP contribution in [0.5, 0.6) is 0 Å². The van der Waals surface area contributed by atoms with Gasteiger partial charge in [0.25, 0.3) is 0 Å². The van der Waals surface area contributed by atoms with Crippen LogP contribution in [0, 0.1) is 11.6 Å². The van der Waals surface area contributed by atoms with E-state index in [4.69, 9.17) is 11.6 Å². The highest BCUT2D eigenvalue weighted by Crippen LogP contribution is 2.35. The number of hydrogen-bond donors (Lipinski definition) is 4. The van der Waals surface area contributed by atoms with Gasteiger partial charge in [-0.1, -0.05) is 24.3 Å². The molecule has 2 rings (SSSR count). The molecular formula is C15H15F2N3O. The van der Waals surface area contributed by atoms with Crippen molar-refractivity contribution in [1.82, 2.24) is 5.43 Å². The van der Waals surface area contributed by atoms with Crippen LogP contribution in [0.25, 0.3) is 0 Å². The van der Waals surface area contributed by atoms with Crippen molar-refractivity contribution in [2.75, 3.05) is 0 Å². The van der Waals surface area contributed by atoms with Crippen LogP contribution < -0.4 is 17.0 Å². The summed E-state index contributed by atoms with van der Waals surface area (Å²) in [6, 6.07) is 10.4. The van der Waals surface area contributed by atoms with Crippen LogP contribution in [-0.2, 0) is 5.60 Å². The summed E-state index contributed by atoms with van der Waals surface area (Å²) in [4.78, 5) is 0. The number of nitrogens with one attached hydrogen (secondary N) is 1. The predicted molar refractivity (Wildman–Crippen MR) is 75.4 cm³/mol. The zero-order valence-electron chi connectivity index (χ0n) is 11.1. The van der Waals surface area contributed by atoms with Gasteiger partial charge in [-0.05, 0) is 35.4 Å². The first-order valence-corrected chi connectivity index (χ1v) is 6.15. The summed E-state index contributed by atoms with van der Waals surface area (Å²) in [7, 11) is 0. The van der Waals surface area contributed by atoms with Crippen LogP contribution in [0.1, 0.15) is 11.1 Å². The Bertz CT molecular complexity index is 593. The summed E-state index contributed by atoms with van der Waals surface area (Å²) in [6.45, 7) is 0. The van der Waals surface area contributed by atoms with Crippen molar-refractivity contribution in [3.8, 4) is 0 Å². The van der Waals surface area contributed by atoms with Crippen LogP contribution >= 0.6 is 0 Å². The number of rotatable bonds is 4. The average Bonchev–Trinajstić information content (AvgIpc) is 2.49. The molecule has 0 fully saturated rings. The van der Waals surface area contributed by atoms with E-state index in [9.17, 15) is 13.9 Å². The maximum atomic E-state index is 13.1. The monoisotopic (exact) mass is 291 g/mol. The molecule has 6 heteroatoms. The minimum Gasteiger partial charge on any atom is -0.403 e. The highest BCUT2D eigenvalue weighted by Gasteiger charge is 2.36. The van der Waals surface area contributed by atoms with Crippen molar-refractivity contribution in [2.45, 2.75) is 5.60 Å². The fourth-order valence-electron chi connectivity index (χ4n) is 2.13. The number of hydrogen-bond acceptors (Lipinski definition) is 4. The Hall–Kier alpha value is -2.44. The molecule has 0 amide bonds. The molecule has 2 aromatic rings. The minimum atomic E-state index is -1.75. The quantitative estimate of drug-likeness (QED) is 0.507. The average molecular weight is 291 g/mol. The standard InChI is InChI=1S/C15H15F2N3O/c16-12-5-1-10(2-6-12)15(21,14(9-18)20-19)11-3-7-13(17)8-4-11/h1-9,20-21H,18-19H2/b14-9-. The second kappa shape index (κ2) is 5.90. The summed E-state index contributed by atoms with van der Waals surface area (Å²) >= 11 is 0. The molecule has 0 saturated carbocycles. The lowest BCUT2D eigenvalue weighted by Crippen LogP contribution is -2.40. The fraction of sp³-hybridized carbons (Fsp3) is 0.0667. The van der Waals surface area contributed by atoms with Crippen LogP contribution in [-0.4, -0.2) is 5.11 Å². The topological polar surface area (TPSA) is 84.3 Å². The molecule has 0 heterocycles. The normalized spacial score (nSPS) is 12.3. The molecule has 0 aliphatic heterocycles. The van der Waals surface area contributed by atoms with Gasteiger partial charge in [-0.3, -0.25) is 5.84 Å². The minimum absolute atomic E-state index is 0.0840. The maximum Gasteiger partial charge on any atom is 0.157 e. The molecular weight excluding hydrogens is 276 g/mol. The van der Waals surface area contributed by atoms with Crippen molar-refractivity contribution in [1.29, 1.82) is 0 Å². The maximum absolute atomic E-state index is 13.1. The lowest BCUT2D eigenvalue weighted by atomic mass is 9.83. The van der Waals surface area contributed by atoms with E-state index in [0.717, 1.165) is 6.20 Å². The van der Waals surface area contributed by atoms with Gasteiger partial charge in [-0.2, -0.15) is 0 Å². The highest BCUT2D eigenvalue weighted by molar-refractivity contribution is 5.44. The largest absolute Gasteiger partial charge is 0.403 e. The number of benzene rings is 2. The van der Waals surface area contributed by atoms with Gasteiger partial charge < -0.3 is 16.3 Å². The van der Waals surface area contributed by atoms with Crippen LogP contribution in [0.3, 0.4) is 0 Å². The summed E-state index contributed by atoms with van der Waals surface area (Å²) in [5.41, 5.74) is 6.82. The van der Waals surface area contributed by atoms with Crippen molar-refractivity contribution in [2.24, 2.45) is 11.6 Å². The molecule has 21 heavy (non-hydrogen) atoms. The SMILES string of the molecule is N/C=C(\NN)C(O)(c1ccc(F)cc1)c1ccc(F)cc1. The smallest absolute Gasteiger partial charge is 0.157 e. The number of aliphatic hydroxyl groups is 1. The Morgan fingerprint density at radius 2 is 1.33 bits per heavy atom. The first-order valence-electron chi connectivity index (χ1n) is 6.15. The van der Waals surface area contributed by atoms with E-state index in [1.54, 1.807) is 0 Å². The van der Waals surface area contributed by atoms with Crippen LogP contribution in [0.4, 0.5) is 8.78 Å². The predicted octanol–water partition coefficient (Wildman–Crippen LogP) is 1.46. The second-order valence-corrected chi connectivity index (χ2v) is 4.45. The van der Waals surface area contributed by atoms with E-state index >= 15 is 0 Å². The van der Waals surface area contributed by atoms with E-state index in [0.29, 0.717) is 11.1 Å². The Morgan fingerprint density at radius 3 is 1.62 bits per heavy atom. The van der Waals surface area contributed by atoms with E-state index in [2.05, 4.69) is 5.43 Å². The fourth-order valence-corrected chi connectivity index (χ4v) is 2.13. The van der Waals surface area contributed by atoms with Crippen LogP contribution in [0.15, 0.2) is 60.4 Å². The molecule has 0 aliphatic rings. The Kier molecular flexibility index (Phi) is 4.21. The van der Waals surface area contributed by atoms with E-state index in [-0.39, 0.29) is 5.70 Å². The number of nitrogens with two attached hydrogens (primary N) is 2. The molecule has 6 N–H and O–H groups in total. The molecule has 0 saturated heterocycles. The van der Waals surface area contributed by atoms with Crippen LogP contribution in [0.2, 0.25) is 0 Å². The van der Waals surface area contributed by atoms with E-state index in [1.165, 1.54) is 48.5 Å².